The molecule has 0 fully saturated rings. The van der Waals surface area contributed by atoms with E-state index in [4.69, 9.17) is 0 Å². The van der Waals surface area contributed by atoms with Crippen LogP contribution < -0.4 is 15.4 Å². The van der Waals surface area contributed by atoms with Crippen molar-refractivity contribution in [2.75, 3.05) is 10.6 Å². The van der Waals surface area contributed by atoms with E-state index < -0.39 is 23.4 Å². The smallest absolute Gasteiger partial charge is 0.255 e. The number of anilines is 2. The normalized spacial score (nSPS) is 15.5. The number of halogens is 3. The molecule has 2 heterocycles. The third-order valence-corrected chi connectivity index (χ3v) is 4.97. The number of pyridine rings is 1. The van der Waals surface area contributed by atoms with Crippen molar-refractivity contribution in [3.63, 3.8) is 0 Å². The number of nitrogens with zero attached hydrogens (tertiary/aromatic N) is 1. The van der Waals surface area contributed by atoms with Gasteiger partial charge in [-0.3, -0.25) is 9.78 Å². The number of benzene rings is 2. The van der Waals surface area contributed by atoms with Crippen LogP contribution in [0.15, 0.2) is 59.6 Å². The predicted octanol–water partition coefficient (Wildman–Crippen LogP) is 4.47. The zero-order valence-electron chi connectivity index (χ0n) is 14.2. The van der Waals surface area contributed by atoms with E-state index in [1.807, 2.05) is 18.2 Å². The van der Waals surface area contributed by atoms with E-state index >= 15 is 0 Å². The number of nitrogens with one attached hydrogen (secondary N) is 3. The Morgan fingerprint density at radius 2 is 1.86 bits per heavy atom. The number of carbonyl (C=O) groups is 1. The van der Waals surface area contributed by atoms with E-state index in [0.29, 0.717) is 0 Å². The van der Waals surface area contributed by atoms with Crippen molar-refractivity contribution in [2.24, 2.45) is 0 Å². The number of carbonyl (C=O) groups excluding carboxylic acids is 1. The van der Waals surface area contributed by atoms with Crippen LogP contribution in [0.4, 0.5) is 24.5 Å². The van der Waals surface area contributed by atoms with Gasteiger partial charge in [-0.2, -0.15) is 0 Å². The number of hydrogen-bond donors (Lipinski definition) is 3. The van der Waals surface area contributed by atoms with Gasteiger partial charge in [0.1, 0.15) is 6.17 Å². The molecule has 0 radical (unpaired) electrons. The maximum atomic E-state index is 13.3. The Morgan fingerprint density at radius 1 is 1.07 bits per heavy atom. The number of aromatic nitrogens is 1. The Bertz CT molecular complexity index is 1030. The van der Waals surface area contributed by atoms with Crippen LogP contribution in [0.3, 0.4) is 0 Å². The van der Waals surface area contributed by atoms with Crippen LogP contribution in [-0.2, 0) is 0 Å². The van der Waals surface area contributed by atoms with Gasteiger partial charge in [0, 0.05) is 34.5 Å². The van der Waals surface area contributed by atoms with Gasteiger partial charge < -0.3 is 10.6 Å². The van der Waals surface area contributed by atoms with Crippen LogP contribution in [0.2, 0.25) is 0 Å². The van der Waals surface area contributed by atoms with Crippen LogP contribution in [0, 0.1) is 17.5 Å². The molecule has 0 saturated heterocycles. The molecule has 3 N–H and O–H groups in total. The first-order valence-corrected chi connectivity index (χ1v) is 9.03. The maximum Gasteiger partial charge on any atom is 0.255 e. The summed E-state index contributed by atoms with van der Waals surface area (Å²) in [5, 5.41) is 5.65. The van der Waals surface area contributed by atoms with Crippen LogP contribution >= 0.6 is 11.9 Å². The summed E-state index contributed by atoms with van der Waals surface area (Å²) < 4.78 is 42.8. The SMILES string of the molecule is O=C(Nc1cc(F)c(F)c(F)c1)c1ccc2c(c1)SNC(c1ccccn1)N2. The minimum absolute atomic E-state index is 0.168. The van der Waals surface area contributed by atoms with Crippen molar-refractivity contribution < 1.29 is 18.0 Å². The molecule has 28 heavy (non-hydrogen) atoms. The summed E-state index contributed by atoms with van der Waals surface area (Å²) in [6.45, 7) is 0. The number of amides is 1. The van der Waals surface area contributed by atoms with Crippen LogP contribution in [-0.4, -0.2) is 10.9 Å². The number of fused-ring (bicyclic) bond motifs is 1. The van der Waals surface area contributed by atoms with Gasteiger partial charge in [-0.05, 0) is 42.3 Å². The molecule has 0 aliphatic carbocycles. The molecule has 142 valence electrons. The Morgan fingerprint density at radius 3 is 2.57 bits per heavy atom. The molecule has 1 atom stereocenters. The highest BCUT2D eigenvalue weighted by Crippen LogP contribution is 2.35. The summed E-state index contributed by atoms with van der Waals surface area (Å²) in [6, 6.07) is 12.0. The monoisotopic (exact) mass is 402 g/mol. The molecule has 1 amide bonds. The lowest BCUT2D eigenvalue weighted by Crippen LogP contribution is -2.27. The fraction of sp³-hybridized carbons (Fsp3) is 0.0526. The molecule has 1 aliphatic heterocycles. The Balaban J connectivity index is 1.51. The molecule has 1 unspecified atom stereocenters. The molecule has 2 aromatic carbocycles. The second-order valence-electron chi connectivity index (χ2n) is 5.97. The van der Waals surface area contributed by atoms with Crippen molar-refractivity contribution in [1.29, 1.82) is 0 Å². The first kappa shape index (κ1) is 18.3. The van der Waals surface area contributed by atoms with Crippen molar-refractivity contribution in [2.45, 2.75) is 11.1 Å². The van der Waals surface area contributed by atoms with E-state index in [2.05, 4.69) is 20.3 Å². The zero-order chi connectivity index (χ0) is 19.7. The largest absolute Gasteiger partial charge is 0.363 e. The average Bonchev–Trinajstić information content (AvgIpc) is 2.71. The quantitative estimate of drug-likeness (QED) is 0.446. The lowest BCUT2D eigenvalue weighted by molar-refractivity contribution is 0.102. The van der Waals surface area contributed by atoms with Crippen molar-refractivity contribution >= 4 is 29.2 Å². The van der Waals surface area contributed by atoms with Crippen molar-refractivity contribution in [3.05, 3.63) is 83.4 Å². The summed E-state index contributed by atoms with van der Waals surface area (Å²) in [6.07, 6.45) is 1.51. The first-order valence-electron chi connectivity index (χ1n) is 8.21. The molecule has 0 saturated carbocycles. The van der Waals surface area contributed by atoms with E-state index in [-0.39, 0.29) is 17.4 Å². The van der Waals surface area contributed by atoms with Gasteiger partial charge in [-0.1, -0.05) is 6.07 Å². The second-order valence-corrected chi connectivity index (χ2v) is 6.85. The van der Waals surface area contributed by atoms with Crippen molar-refractivity contribution in [1.82, 2.24) is 9.71 Å². The molecule has 9 heteroatoms. The van der Waals surface area contributed by atoms with E-state index in [1.54, 1.807) is 24.4 Å². The topological polar surface area (TPSA) is 66.0 Å². The highest BCUT2D eigenvalue weighted by molar-refractivity contribution is 7.97. The minimum Gasteiger partial charge on any atom is -0.363 e. The van der Waals surface area contributed by atoms with Gasteiger partial charge in [0.2, 0.25) is 0 Å². The summed E-state index contributed by atoms with van der Waals surface area (Å²) in [7, 11) is 0. The Labute approximate surface area is 162 Å². The maximum absolute atomic E-state index is 13.3. The van der Waals surface area contributed by atoms with Gasteiger partial charge in [0.05, 0.1) is 11.4 Å². The first-order chi connectivity index (χ1) is 13.5. The van der Waals surface area contributed by atoms with Gasteiger partial charge >= 0.3 is 0 Å². The average molecular weight is 402 g/mol. The van der Waals surface area contributed by atoms with E-state index in [9.17, 15) is 18.0 Å². The van der Waals surface area contributed by atoms with Gasteiger partial charge in [-0.15, -0.1) is 0 Å². The molecule has 4 rings (SSSR count). The zero-order valence-corrected chi connectivity index (χ0v) is 15.0. The lowest BCUT2D eigenvalue weighted by Gasteiger charge is -2.27. The fourth-order valence-corrected chi connectivity index (χ4v) is 3.53. The minimum atomic E-state index is -1.58. The third kappa shape index (κ3) is 3.67. The molecule has 0 bridgehead atoms. The number of rotatable bonds is 3. The molecule has 0 spiro atoms. The Hall–Kier alpha value is -3.04. The molecular formula is C19H13F3N4OS. The second kappa shape index (κ2) is 7.53. The standard InChI is InChI=1S/C19H13F3N4OS/c20-12-8-11(9-13(21)17(12)22)24-19(27)10-4-5-14-16(7-10)28-26-18(25-14)15-3-1-2-6-23-15/h1-9,18,25-26H,(H,24,27). The lowest BCUT2D eigenvalue weighted by atomic mass is 10.1. The highest BCUT2D eigenvalue weighted by Gasteiger charge is 2.21. The molecular weight excluding hydrogens is 389 g/mol. The molecule has 1 aromatic heterocycles. The highest BCUT2D eigenvalue weighted by atomic mass is 32.2. The van der Waals surface area contributed by atoms with Crippen LogP contribution in [0.1, 0.15) is 22.2 Å². The van der Waals surface area contributed by atoms with Crippen LogP contribution in [0.25, 0.3) is 0 Å². The third-order valence-electron chi connectivity index (χ3n) is 4.06. The van der Waals surface area contributed by atoms with Gasteiger partial charge in [0.25, 0.3) is 5.91 Å². The number of hydrogen-bond acceptors (Lipinski definition) is 5. The molecule has 1 aliphatic rings. The fourth-order valence-electron chi connectivity index (χ4n) is 2.69. The van der Waals surface area contributed by atoms with E-state index in [0.717, 1.165) is 28.4 Å². The van der Waals surface area contributed by atoms with Crippen molar-refractivity contribution in [3.8, 4) is 0 Å². The van der Waals surface area contributed by atoms with Crippen LogP contribution in [0.5, 0.6) is 0 Å². The Kier molecular flexibility index (Phi) is 4.93. The summed E-state index contributed by atoms with van der Waals surface area (Å²) >= 11 is 1.33. The predicted molar refractivity (Wildman–Crippen MR) is 100 cm³/mol. The van der Waals surface area contributed by atoms with Gasteiger partial charge in [0.15, 0.2) is 17.5 Å². The van der Waals surface area contributed by atoms with Gasteiger partial charge in [-0.25, -0.2) is 17.9 Å². The summed E-state index contributed by atoms with van der Waals surface area (Å²) in [4.78, 5) is 17.5. The molecule has 3 aromatic rings. The molecule has 5 nitrogen and oxygen atoms in total. The van der Waals surface area contributed by atoms with E-state index in [1.165, 1.54) is 11.9 Å². The summed E-state index contributed by atoms with van der Waals surface area (Å²) in [5.41, 5.74) is 1.76. The summed E-state index contributed by atoms with van der Waals surface area (Å²) in [5.74, 6) is -4.89.